The van der Waals surface area contributed by atoms with Crippen LogP contribution in [0.4, 0.5) is 0 Å². The Morgan fingerprint density at radius 2 is 2.09 bits per heavy atom. The zero-order valence-electron chi connectivity index (χ0n) is 14.7. The van der Waals surface area contributed by atoms with E-state index in [2.05, 4.69) is 42.9 Å². The van der Waals surface area contributed by atoms with Gasteiger partial charge in [0.15, 0.2) is 5.96 Å². The molecule has 4 atom stereocenters. The predicted octanol–water partition coefficient (Wildman–Crippen LogP) is 3.12. The summed E-state index contributed by atoms with van der Waals surface area (Å²) < 4.78 is 5.90. The van der Waals surface area contributed by atoms with Gasteiger partial charge in [-0.3, -0.25) is 4.99 Å². The number of rotatable bonds is 2. The van der Waals surface area contributed by atoms with Crippen molar-refractivity contribution in [2.75, 3.05) is 26.7 Å². The fourth-order valence-electron chi connectivity index (χ4n) is 4.55. The molecule has 5 heteroatoms. The SMILES string of the molecule is CCC1(C)CCN(C(=NC)NC2C3CCOC3C2(C)C)C1.I. The van der Waals surface area contributed by atoms with Crippen LogP contribution in [0.2, 0.25) is 0 Å². The van der Waals surface area contributed by atoms with Crippen molar-refractivity contribution < 1.29 is 4.74 Å². The number of aliphatic imine (C=N–C) groups is 1. The molecule has 0 radical (unpaired) electrons. The molecule has 0 amide bonds. The number of hydrogen-bond donors (Lipinski definition) is 1. The highest BCUT2D eigenvalue weighted by molar-refractivity contribution is 14.0. The number of guanidine groups is 1. The molecule has 0 bridgehead atoms. The van der Waals surface area contributed by atoms with Crippen molar-refractivity contribution >= 4 is 29.9 Å². The van der Waals surface area contributed by atoms with E-state index in [1.807, 2.05) is 7.05 Å². The lowest BCUT2D eigenvalue weighted by molar-refractivity contribution is -0.107. The van der Waals surface area contributed by atoms with Crippen molar-refractivity contribution in [2.45, 2.75) is 59.1 Å². The number of hydrogen-bond acceptors (Lipinski definition) is 2. The lowest BCUT2D eigenvalue weighted by atomic mass is 9.57. The number of likely N-dealkylation sites (tertiary alicyclic amines) is 1. The second kappa shape index (κ2) is 6.46. The van der Waals surface area contributed by atoms with Crippen molar-refractivity contribution in [1.82, 2.24) is 10.2 Å². The Morgan fingerprint density at radius 3 is 2.68 bits per heavy atom. The Bertz CT molecular complexity index is 440. The average Bonchev–Trinajstić information content (AvgIpc) is 3.06. The molecule has 2 aliphatic heterocycles. The van der Waals surface area contributed by atoms with E-state index >= 15 is 0 Å². The first-order valence-electron chi connectivity index (χ1n) is 8.51. The summed E-state index contributed by atoms with van der Waals surface area (Å²) in [5, 5.41) is 3.76. The van der Waals surface area contributed by atoms with Crippen molar-refractivity contribution in [1.29, 1.82) is 0 Å². The Labute approximate surface area is 152 Å². The van der Waals surface area contributed by atoms with Crippen LogP contribution in [0.15, 0.2) is 4.99 Å². The third-order valence-corrected chi connectivity index (χ3v) is 6.31. The fraction of sp³-hybridized carbons (Fsp3) is 0.941. The molecule has 3 aliphatic rings. The van der Waals surface area contributed by atoms with Gasteiger partial charge in [0, 0.05) is 44.1 Å². The molecule has 1 N–H and O–H groups in total. The van der Waals surface area contributed by atoms with Crippen LogP contribution in [-0.2, 0) is 4.74 Å². The monoisotopic (exact) mass is 421 g/mol. The molecule has 1 aliphatic carbocycles. The number of halogens is 1. The standard InChI is InChI=1S/C17H31N3O.HI/c1-6-17(4)8-9-20(11-17)15(18-5)19-13-12-7-10-21-14(12)16(13,2)3;/h12-14H,6-11H2,1-5H3,(H,18,19);1H. The summed E-state index contributed by atoms with van der Waals surface area (Å²) >= 11 is 0. The van der Waals surface area contributed by atoms with Crippen LogP contribution in [-0.4, -0.2) is 49.7 Å². The fourth-order valence-corrected chi connectivity index (χ4v) is 4.55. The summed E-state index contributed by atoms with van der Waals surface area (Å²) in [5.41, 5.74) is 0.663. The van der Waals surface area contributed by atoms with E-state index in [4.69, 9.17) is 4.74 Å². The van der Waals surface area contributed by atoms with Crippen molar-refractivity contribution in [3.05, 3.63) is 0 Å². The van der Waals surface area contributed by atoms with Crippen LogP contribution in [0.1, 0.15) is 47.0 Å². The van der Waals surface area contributed by atoms with Gasteiger partial charge in [-0.2, -0.15) is 0 Å². The Morgan fingerprint density at radius 1 is 1.36 bits per heavy atom. The van der Waals surface area contributed by atoms with E-state index < -0.39 is 0 Å². The lowest BCUT2D eigenvalue weighted by Crippen LogP contribution is -2.68. The molecule has 22 heavy (non-hydrogen) atoms. The summed E-state index contributed by atoms with van der Waals surface area (Å²) in [6, 6.07) is 0.497. The summed E-state index contributed by atoms with van der Waals surface area (Å²) in [7, 11) is 1.91. The molecular weight excluding hydrogens is 389 g/mol. The van der Waals surface area contributed by atoms with Crippen molar-refractivity contribution in [3.8, 4) is 0 Å². The highest BCUT2D eigenvalue weighted by atomic mass is 127. The van der Waals surface area contributed by atoms with Gasteiger partial charge in [0.1, 0.15) is 0 Å². The highest BCUT2D eigenvalue weighted by Gasteiger charge is 2.59. The maximum Gasteiger partial charge on any atom is 0.193 e. The predicted molar refractivity (Wildman–Crippen MR) is 102 cm³/mol. The summed E-state index contributed by atoms with van der Waals surface area (Å²) in [6.07, 6.45) is 4.14. The van der Waals surface area contributed by atoms with Crippen molar-refractivity contribution in [3.63, 3.8) is 0 Å². The van der Waals surface area contributed by atoms with Gasteiger partial charge in [-0.15, -0.1) is 24.0 Å². The van der Waals surface area contributed by atoms with Crippen LogP contribution in [0.5, 0.6) is 0 Å². The van der Waals surface area contributed by atoms with Gasteiger partial charge in [0.2, 0.25) is 0 Å². The molecule has 128 valence electrons. The number of ether oxygens (including phenoxy) is 1. The van der Waals surface area contributed by atoms with E-state index in [9.17, 15) is 0 Å². The quantitative estimate of drug-likeness (QED) is 0.423. The minimum atomic E-state index is 0. The van der Waals surface area contributed by atoms with Gasteiger partial charge in [0.05, 0.1) is 6.10 Å². The maximum absolute atomic E-state index is 5.90. The molecular formula is C17H32IN3O. The first-order valence-corrected chi connectivity index (χ1v) is 8.51. The largest absolute Gasteiger partial charge is 0.377 e. The molecule has 2 saturated heterocycles. The van der Waals surface area contributed by atoms with E-state index in [1.165, 1.54) is 19.3 Å². The number of fused-ring (bicyclic) bond motifs is 1. The minimum absolute atomic E-state index is 0. The van der Waals surface area contributed by atoms with Gasteiger partial charge in [-0.05, 0) is 24.7 Å². The molecule has 3 fully saturated rings. The number of nitrogens with one attached hydrogen (secondary N) is 1. The van der Waals surface area contributed by atoms with E-state index in [0.29, 0.717) is 23.5 Å². The third-order valence-electron chi connectivity index (χ3n) is 6.31. The summed E-state index contributed by atoms with van der Waals surface area (Å²) in [4.78, 5) is 7.01. The molecule has 3 rings (SSSR count). The van der Waals surface area contributed by atoms with Gasteiger partial charge < -0.3 is 15.0 Å². The maximum atomic E-state index is 5.90. The molecule has 0 aromatic carbocycles. The van der Waals surface area contributed by atoms with Crippen LogP contribution < -0.4 is 5.32 Å². The van der Waals surface area contributed by atoms with Gasteiger partial charge in [0.25, 0.3) is 0 Å². The van der Waals surface area contributed by atoms with Crippen LogP contribution in [0.25, 0.3) is 0 Å². The van der Waals surface area contributed by atoms with Gasteiger partial charge >= 0.3 is 0 Å². The van der Waals surface area contributed by atoms with E-state index in [1.54, 1.807) is 0 Å². The van der Waals surface area contributed by atoms with E-state index in [0.717, 1.165) is 25.7 Å². The third kappa shape index (κ3) is 2.87. The Kier molecular flexibility index (Phi) is 5.37. The van der Waals surface area contributed by atoms with Gasteiger partial charge in [-0.25, -0.2) is 0 Å². The number of nitrogens with zero attached hydrogens (tertiary/aromatic N) is 2. The first kappa shape index (κ1) is 18.3. The molecule has 0 aromatic rings. The molecule has 4 unspecified atom stereocenters. The van der Waals surface area contributed by atoms with Crippen LogP contribution in [0.3, 0.4) is 0 Å². The molecule has 0 spiro atoms. The molecule has 0 aromatic heterocycles. The highest BCUT2D eigenvalue weighted by Crippen LogP contribution is 2.52. The first-order chi connectivity index (χ1) is 9.91. The topological polar surface area (TPSA) is 36.9 Å². The van der Waals surface area contributed by atoms with E-state index in [-0.39, 0.29) is 29.4 Å². The van der Waals surface area contributed by atoms with Crippen LogP contribution >= 0.6 is 24.0 Å². The molecule has 1 saturated carbocycles. The lowest BCUT2D eigenvalue weighted by Gasteiger charge is -2.55. The Hall–Kier alpha value is -0.0400. The summed E-state index contributed by atoms with van der Waals surface area (Å²) in [5.74, 6) is 1.76. The smallest absolute Gasteiger partial charge is 0.193 e. The van der Waals surface area contributed by atoms with Gasteiger partial charge in [-0.1, -0.05) is 27.7 Å². The van der Waals surface area contributed by atoms with Crippen LogP contribution in [0, 0.1) is 16.7 Å². The zero-order valence-corrected chi connectivity index (χ0v) is 17.0. The average molecular weight is 421 g/mol. The minimum Gasteiger partial charge on any atom is -0.377 e. The molecule has 4 nitrogen and oxygen atoms in total. The van der Waals surface area contributed by atoms with Crippen molar-refractivity contribution in [2.24, 2.45) is 21.7 Å². The summed E-state index contributed by atoms with van der Waals surface area (Å²) in [6.45, 7) is 12.5. The molecule has 2 heterocycles. The Balaban J connectivity index is 0.00000176. The zero-order chi connectivity index (χ0) is 15.3. The second-order valence-corrected chi connectivity index (χ2v) is 8.07. The normalized spacial score (nSPS) is 40.0. The second-order valence-electron chi connectivity index (χ2n) is 8.07.